The molecule has 0 amide bonds. The van der Waals surface area contributed by atoms with Crippen molar-refractivity contribution in [3.05, 3.63) is 29.6 Å². The number of rotatable bonds is 2. The Morgan fingerprint density at radius 3 is 2.53 bits per heavy atom. The van der Waals surface area contributed by atoms with Crippen molar-refractivity contribution >= 4 is 11.0 Å². The first-order chi connectivity index (χ1) is 8.47. The van der Waals surface area contributed by atoms with Gasteiger partial charge in [-0.3, -0.25) is 0 Å². The number of fused-ring (bicyclic) bond motifs is 1. The highest BCUT2D eigenvalue weighted by molar-refractivity contribution is 5.77. The molecule has 0 aliphatic heterocycles. The van der Waals surface area contributed by atoms with E-state index < -0.39 is 5.60 Å². The third kappa shape index (κ3) is 2.27. The molecule has 3 rings (SSSR count). The number of benzene rings is 1. The molecule has 0 radical (unpaired) electrons. The molecule has 3 heteroatoms. The molecule has 0 bridgehead atoms. The topological polar surface area (TPSA) is 38.1 Å². The SMILES string of the molecule is C.Cc1nc2ccc(C(C)(C)O)cc2n1C1CCC1. The molecule has 2 aromatic rings. The van der Waals surface area contributed by atoms with Crippen molar-refractivity contribution in [2.75, 3.05) is 0 Å². The first kappa shape index (κ1) is 14.1. The minimum absolute atomic E-state index is 0. The van der Waals surface area contributed by atoms with Crippen LogP contribution in [0.4, 0.5) is 0 Å². The van der Waals surface area contributed by atoms with Crippen LogP contribution in [0.25, 0.3) is 11.0 Å². The lowest BCUT2D eigenvalue weighted by Gasteiger charge is -2.29. The molecule has 0 saturated heterocycles. The van der Waals surface area contributed by atoms with E-state index >= 15 is 0 Å². The van der Waals surface area contributed by atoms with Gasteiger partial charge in [0.25, 0.3) is 0 Å². The standard InChI is InChI=1S/C15H20N2O.CH4/c1-10-16-13-8-7-11(15(2,3)18)9-14(13)17(10)12-5-4-6-12;/h7-9,12,18H,4-6H2,1-3H3;1H4. The molecule has 1 heterocycles. The highest BCUT2D eigenvalue weighted by Gasteiger charge is 2.24. The van der Waals surface area contributed by atoms with E-state index in [2.05, 4.69) is 22.5 Å². The van der Waals surface area contributed by atoms with Gasteiger partial charge in [0.1, 0.15) is 5.82 Å². The molecule has 3 nitrogen and oxygen atoms in total. The van der Waals surface area contributed by atoms with Gasteiger partial charge in [-0.15, -0.1) is 0 Å². The summed E-state index contributed by atoms with van der Waals surface area (Å²) in [7, 11) is 0. The first-order valence-electron chi connectivity index (χ1n) is 6.68. The summed E-state index contributed by atoms with van der Waals surface area (Å²) in [5.74, 6) is 1.09. The van der Waals surface area contributed by atoms with Gasteiger partial charge < -0.3 is 9.67 Å². The average Bonchev–Trinajstić information content (AvgIpc) is 2.51. The lowest BCUT2D eigenvalue weighted by molar-refractivity contribution is 0.0787. The van der Waals surface area contributed by atoms with Crippen LogP contribution in [-0.4, -0.2) is 14.7 Å². The van der Waals surface area contributed by atoms with Crippen LogP contribution in [0, 0.1) is 6.92 Å². The number of aryl methyl sites for hydroxylation is 1. The molecule has 1 aliphatic carbocycles. The second-order valence-electron chi connectivity index (χ2n) is 5.88. The maximum Gasteiger partial charge on any atom is 0.106 e. The lowest BCUT2D eigenvalue weighted by atomic mass is 9.92. The monoisotopic (exact) mass is 260 g/mol. The summed E-state index contributed by atoms with van der Waals surface area (Å²) in [6.45, 7) is 5.72. The number of aliphatic hydroxyl groups is 1. The number of imidazole rings is 1. The normalized spacial score (nSPS) is 16.2. The van der Waals surface area contributed by atoms with Gasteiger partial charge in [-0.2, -0.15) is 0 Å². The number of nitrogens with zero attached hydrogens (tertiary/aromatic N) is 2. The van der Waals surface area contributed by atoms with Crippen molar-refractivity contribution in [3.63, 3.8) is 0 Å². The van der Waals surface area contributed by atoms with Crippen LogP contribution in [0.1, 0.15) is 58.0 Å². The Hall–Kier alpha value is -1.35. The maximum atomic E-state index is 10.1. The third-order valence-corrected chi connectivity index (χ3v) is 4.01. The van der Waals surface area contributed by atoms with Gasteiger partial charge in [-0.1, -0.05) is 13.5 Å². The summed E-state index contributed by atoms with van der Waals surface area (Å²) in [5, 5.41) is 10.1. The summed E-state index contributed by atoms with van der Waals surface area (Å²) < 4.78 is 2.34. The Labute approximate surface area is 115 Å². The molecule has 1 N–H and O–H groups in total. The van der Waals surface area contributed by atoms with Gasteiger partial charge in [0, 0.05) is 6.04 Å². The predicted molar refractivity (Wildman–Crippen MR) is 79.3 cm³/mol. The van der Waals surface area contributed by atoms with Crippen molar-refractivity contribution in [2.24, 2.45) is 0 Å². The summed E-state index contributed by atoms with van der Waals surface area (Å²) >= 11 is 0. The van der Waals surface area contributed by atoms with E-state index in [1.165, 1.54) is 19.3 Å². The first-order valence-corrected chi connectivity index (χ1v) is 6.68. The fourth-order valence-electron chi connectivity index (χ4n) is 2.70. The highest BCUT2D eigenvalue weighted by Crippen LogP contribution is 2.36. The number of hydrogen-bond donors (Lipinski definition) is 1. The Kier molecular flexibility index (Phi) is 3.43. The fraction of sp³-hybridized carbons (Fsp3) is 0.562. The molecule has 0 atom stereocenters. The van der Waals surface area contributed by atoms with Crippen LogP contribution in [0.5, 0.6) is 0 Å². The van der Waals surface area contributed by atoms with Crippen LogP contribution in [0.15, 0.2) is 18.2 Å². The largest absolute Gasteiger partial charge is 0.386 e. The smallest absolute Gasteiger partial charge is 0.106 e. The van der Waals surface area contributed by atoms with E-state index in [0.717, 1.165) is 22.4 Å². The molecule has 19 heavy (non-hydrogen) atoms. The summed E-state index contributed by atoms with van der Waals surface area (Å²) in [5.41, 5.74) is 2.36. The Morgan fingerprint density at radius 1 is 1.32 bits per heavy atom. The zero-order valence-electron chi connectivity index (χ0n) is 11.3. The second-order valence-corrected chi connectivity index (χ2v) is 5.88. The van der Waals surface area contributed by atoms with Gasteiger partial charge in [-0.05, 0) is 57.7 Å². The van der Waals surface area contributed by atoms with Gasteiger partial charge in [0.15, 0.2) is 0 Å². The second kappa shape index (κ2) is 4.64. The molecular formula is C16H24N2O. The molecule has 1 aromatic heterocycles. The third-order valence-electron chi connectivity index (χ3n) is 4.01. The molecule has 1 aliphatic rings. The van der Waals surface area contributed by atoms with E-state index in [1.807, 2.05) is 26.0 Å². The van der Waals surface area contributed by atoms with Crippen molar-refractivity contribution in [1.29, 1.82) is 0 Å². The average molecular weight is 260 g/mol. The van der Waals surface area contributed by atoms with E-state index in [4.69, 9.17) is 0 Å². The molecule has 0 unspecified atom stereocenters. The molecule has 1 saturated carbocycles. The minimum atomic E-state index is -0.795. The van der Waals surface area contributed by atoms with Crippen LogP contribution in [0.2, 0.25) is 0 Å². The Bertz CT molecular complexity index is 589. The molecular weight excluding hydrogens is 236 g/mol. The van der Waals surface area contributed by atoms with Crippen LogP contribution in [0.3, 0.4) is 0 Å². The van der Waals surface area contributed by atoms with Gasteiger partial charge in [0.2, 0.25) is 0 Å². The molecule has 0 spiro atoms. The zero-order valence-corrected chi connectivity index (χ0v) is 11.3. The summed E-state index contributed by atoms with van der Waals surface area (Å²) in [6, 6.07) is 6.69. The van der Waals surface area contributed by atoms with Crippen LogP contribution in [-0.2, 0) is 5.60 Å². The zero-order chi connectivity index (χ0) is 12.9. The summed E-state index contributed by atoms with van der Waals surface area (Å²) in [4.78, 5) is 4.62. The maximum absolute atomic E-state index is 10.1. The lowest BCUT2D eigenvalue weighted by Crippen LogP contribution is -2.19. The molecule has 1 fully saturated rings. The van der Waals surface area contributed by atoms with E-state index in [1.54, 1.807) is 0 Å². The predicted octanol–water partition coefficient (Wildman–Crippen LogP) is 3.93. The van der Waals surface area contributed by atoms with Crippen molar-refractivity contribution in [3.8, 4) is 0 Å². The Balaban J connectivity index is 0.00000133. The van der Waals surface area contributed by atoms with Crippen molar-refractivity contribution in [1.82, 2.24) is 9.55 Å². The van der Waals surface area contributed by atoms with Gasteiger partial charge in [0.05, 0.1) is 16.6 Å². The molecule has 104 valence electrons. The van der Waals surface area contributed by atoms with E-state index in [0.29, 0.717) is 6.04 Å². The number of aromatic nitrogens is 2. The van der Waals surface area contributed by atoms with E-state index in [-0.39, 0.29) is 7.43 Å². The van der Waals surface area contributed by atoms with Gasteiger partial charge >= 0.3 is 0 Å². The van der Waals surface area contributed by atoms with Crippen LogP contribution < -0.4 is 0 Å². The minimum Gasteiger partial charge on any atom is -0.386 e. The van der Waals surface area contributed by atoms with E-state index in [9.17, 15) is 5.11 Å². The van der Waals surface area contributed by atoms with Gasteiger partial charge in [-0.25, -0.2) is 4.98 Å². The fourth-order valence-corrected chi connectivity index (χ4v) is 2.70. The van der Waals surface area contributed by atoms with Crippen molar-refractivity contribution < 1.29 is 5.11 Å². The van der Waals surface area contributed by atoms with Crippen LogP contribution >= 0.6 is 0 Å². The molecule has 1 aromatic carbocycles. The van der Waals surface area contributed by atoms with Crippen molar-refractivity contribution in [2.45, 2.75) is 59.1 Å². The Morgan fingerprint density at radius 2 is 2.00 bits per heavy atom. The highest BCUT2D eigenvalue weighted by atomic mass is 16.3. The number of hydrogen-bond acceptors (Lipinski definition) is 2. The summed E-state index contributed by atoms with van der Waals surface area (Å²) in [6.07, 6.45) is 3.81. The quantitative estimate of drug-likeness (QED) is 0.888.